The van der Waals surface area contributed by atoms with Crippen molar-refractivity contribution in [3.05, 3.63) is 89.5 Å². The molecule has 3 aromatic rings. The van der Waals surface area contributed by atoms with Crippen molar-refractivity contribution in [1.29, 1.82) is 0 Å². The topological polar surface area (TPSA) is 0 Å². The van der Waals surface area contributed by atoms with Crippen molar-refractivity contribution in [2.24, 2.45) is 0 Å². The maximum absolute atomic E-state index is 4.78. The monoisotopic (exact) mass is 318 g/mol. The molecule has 0 radical (unpaired) electrons. The lowest BCUT2D eigenvalue weighted by atomic mass is 10.2. The fraction of sp³-hybridized carbons (Fsp3) is 0.136. The molecule has 0 N–H and O–H groups in total. The Hall–Kier alpha value is -2.04. The van der Waals surface area contributed by atoms with Gasteiger partial charge >= 0.3 is 0 Å². The van der Waals surface area contributed by atoms with E-state index in [1.54, 1.807) is 0 Å². The van der Waals surface area contributed by atoms with Crippen molar-refractivity contribution in [3.8, 4) is 0 Å². The van der Waals surface area contributed by atoms with E-state index >= 15 is 0 Å². The summed E-state index contributed by atoms with van der Waals surface area (Å²) in [7, 11) is 0. The van der Waals surface area contributed by atoms with E-state index in [9.17, 15) is 0 Å². The maximum Gasteiger partial charge on any atom is -0.0165 e. The van der Waals surface area contributed by atoms with Crippen molar-refractivity contribution in [1.82, 2.24) is 0 Å². The average molecular weight is 318 g/mol. The molecular weight excluding hydrogens is 295 g/mol. The van der Waals surface area contributed by atoms with E-state index in [1.807, 2.05) is 0 Å². The first kappa shape index (κ1) is 15.8. The van der Waals surface area contributed by atoms with Crippen molar-refractivity contribution < 1.29 is 0 Å². The highest BCUT2D eigenvalue weighted by Crippen LogP contribution is 2.41. The third kappa shape index (κ3) is 3.05. The molecule has 0 atom stereocenters. The first-order chi connectivity index (χ1) is 11.0. The second-order valence-corrected chi connectivity index (χ2v) is 9.49. The van der Waals surface area contributed by atoms with Gasteiger partial charge in [0.2, 0.25) is 0 Å². The number of hydrogen-bond acceptors (Lipinski definition) is 0. The van der Waals surface area contributed by atoms with E-state index in [2.05, 4.69) is 93.6 Å². The minimum Gasteiger partial charge on any atom is -0.0887 e. The summed E-state index contributed by atoms with van der Waals surface area (Å²) < 4.78 is 0. The molecule has 0 saturated heterocycles. The maximum atomic E-state index is 4.78. The zero-order chi connectivity index (χ0) is 16.4. The van der Waals surface area contributed by atoms with Gasteiger partial charge in [-0.1, -0.05) is 95.8 Å². The van der Waals surface area contributed by atoms with Crippen molar-refractivity contribution in [3.63, 3.8) is 0 Å². The predicted molar refractivity (Wildman–Crippen MR) is 106 cm³/mol. The van der Waals surface area contributed by atoms with Gasteiger partial charge in [-0.05, 0) is 43.6 Å². The summed E-state index contributed by atoms with van der Waals surface area (Å²) >= 11 is 0. The van der Waals surface area contributed by atoms with Crippen LogP contribution in [0, 0.1) is 20.8 Å². The molecule has 23 heavy (non-hydrogen) atoms. The van der Waals surface area contributed by atoms with E-state index in [0.29, 0.717) is 0 Å². The Bertz CT molecular complexity index is 720. The second-order valence-electron chi connectivity index (χ2n) is 6.32. The molecule has 0 nitrogen and oxygen atoms in total. The lowest BCUT2D eigenvalue weighted by Crippen LogP contribution is -2.25. The van der Waals surface area contributed by atoms with E-state index < -0.39 is 6.89 Å². The molecule has 1 heteroatoms. The predicted octanol–water partition coefficient (Wildman–Crippen LogP) is 4.34. The van der Waals surface area contributed by atoms with Crippen LogP contribution >= 0.6 is 6.89 Å². The van der Waals surface area contributed by atoms with E-state index in [-0.39, 0.29) is 0 Å². The molecule has 3 rings (SSSR count). The van der Waals surface area contributed by atoms with Gasteiger partial charge in [0.05, 0.1) is 0 Å². The molecule has 116 valence electrons. The van der Waals surface area contributed by atoms with E-state index in [4.69, 9.17) is 6.30 Å². The van der Waals surface area contributed by atoms with Crippen LogP contribution in [0.3, 0.4) is 0 Å². The highest BCUT2D eigenvalue weighted by molar-refractivity contribution is 7.93. The first-order valence-electron chi connectivity index (χ1n) is 7.95. The van der Waals surface area contributed by atoms with Crippen molar-refractivity contribution in [2.45, 2.75) is 20.8 Å². The fourth-order valence-corrected chi connectivity index (χ4v) is 5.71. The third-order valence-corrected chi connectivity index (χ3v) is 7.96. The van der Waals surface area contributed by atoms with Gasteiger partial charge in [-0.2, -0.15) is 0 Å². The summed E-state index contributed by atoms with van der Waals surface area (Å²) in [5.41, 5.74) is 3.86. The van der Waals surface area contributed by atoms with Gasteiger partial charge in [0.15, 0.2) is 0 Å². The van der Waals surface area contributed by atoms with Gasteiger partial charge in [0.25, 0.3) is 0 Å². The number of aryl methyl sites for hydroxylation is 3. The Morgan fingerprint density at radius 1 is 0.478 bits per heavy atom. The van der Waals surface area contributed by atoms with Crippen LogP contribution in [0.25, 0.3) is 0 Å². The Balaban J connectivity index is 2.24. The Morgan fingerprint density at radius 3 is 0.913 bits per heavy atom. The molecule has 0 bridgehead atoms. The Labute approximate surface area is 139 Å². The van der Waals surface area contributed by atoms with Crippen molar-refractivity contribution in [2.75, 3.05) is 0 Å². The SMILES string of the molecule is C=P(c1ccc(C)cc1)(c1ccc(C)cc1)c1ccc(C)cc1. The van der Waals surface area contributed by atoms with Gasteiger partial charge in [0, 0.05) is 0 Å². The van der Waals surface area contributed by atoms with Gasteiger partial charge in [-0.3, -0.25) is 0 Å². The zero-order valence-electron chi connectivity index (χ0n) is 14.1. The van der Waals surface area contributed by atoms with Crippen LogP contribution < -0.4 is 15.9 Å². The van der Waals surface area contributed by atoms with Crippen molar-refractivity contribution >= 4 is 29.1 Å². The summed E-state index contributed by atoms with van der Waals surface area (Å²) in [6.07, 6.45) is 4.78. The highest BCUT2D eigenvalue weighted by Gasteiger charge is 2.21. The normalized spacial score (nSPS) is 11.4. The zero-order valence-corrected chi connectivity index (χ0v) is 15.0. The van der Waals surface area contributed by atoms with Gasteiger partial charge in [-0.15, -0.1) is 0 Å². The standard InChI is InChI=1S/C22H23P/c1-17-5-11-20(12-6-17)23(4,21-13-7-18(2)8-14-21)22-15-9-19(3)10-16-22/h5-16H,4H2,1-3H3. The van der Waals surface area contributed by atoms with E-state index in [1.165, 1.54) is 32.6 Å². The van der Waals surface area contributed by atoms with Crippen LogP contribution in [0.4, 0.5) is 0 Å². The smallest absolute Gasteiger partial charge is 0.0165 e. The lowest BCUT2D eigenvalue weighted by Gasteiger charge is -2.27. The average Bonchev–Trinajstić information content (AvgIpc) is 2.56. The summed E-state index contributed by atoms with van der Waals surface area (Å²) in [6, 6.07) is 26.6. The lowest BCUT2D eigenvalue weighted by molar-refractivity contribution is 1.48. The molecule has 0 spiro atoms. The van der Waals surface area contributed by atoms with Crippen LogP contribution in [0.15, 0.2) is 72.8 Å². The summed E-state index contributed by atoms with van der Waals surface area (Å²) in [4.78, 5) is 0. The summed E-state index contributed by atoms with van der Waals surface area (Å²) in [5.74, 6) is 0. The molecule has 0 saturated carbocycles. The second kappa shape index (κ2) is 6.22. The first-order valence-corrected chi connectivity index (χ1v) is 9.93. The molecular formula is C22H23P. The van der Waals surface area contributed by atoms with Crippen LogP contribution in [0.1, 0.15) is 16.7 Å². The Kier molecular flexibility index (Phi) is 4.28. The fourth-order valence-electron chi connectivity index (χ4n) is 2.84. The molecule has 0 aromatic heterocycles. The van der Waals surface area contributed by atoms with Crippen LogP contribution in [-0.4, -0.2) is 6.30 Å². The molecule has 0 amide bonds. The quantitative estimate of drug-likeness (QED) is 0.630. The van der Waals surface area contributed by atoms with Gasteiger partial charge < -0.3 is 0 Å². The summed E-state index contributed by atoms with van der Waals surface area (Å²) in [5, 5.41) is 3.99. The Morgan fingerprint density at radius 2 is 0.696 bits per heavy atom. The van der Waals surface area contributed by atoms with Crippen LogP contribution in [0.2, 0.25) is 0 Å². The number of rotatable bonds is 3. The van der Waals surface area contributed by atoms with Crippen LogP contribution in [0.5, 0.6) is 0 Å². The third-order valence-electron chi connectivity index (χ3n) is 4.42. The number of hydrogen-bond donors (Lipinski definition) is 0. The molecule has 0 aliphatic rings. The largest absolute Gasteiger partial charge is 0.0887 e. The highest BCUT2D eigenvalue weighted by atomic mass is 31.2. The molecule has 0 aliphatic carbocycles. The van der Waals surface area contributed by atoms with Crippen LogP contribution in [-0.2, 0) is 0 Å². The molecule has 0 aliphatic heterocycles. The minimum atomic E-state index is -1.84. The molecule has 0 unspecified atom stereocenters. The minimum absolute atomic E-state index is 1.29. The molecule has 0 heterocycles. The van der Waals surface area contributed by atoms with Gasteiger partial charge in [-0.25, -0.2) is 0 Å². The number of benzene rings is 3. The summed E-state index contributed by atoms with van der Waals surface area (Å²) in [6.45, 7) is 4.55. The molecule has 3 aromatic carbocycles. The van der Waals surface area contributed by atoms with E-state index in [0.717, 1.165) is 0 Å². The van der Waals surface area contributed by atoms with Gasteiger partial charge in [0.1, 0.15) is 0 Å². The molecule has 0 fully saturated rings.